The molecule has 0 bridgehead atoms. The molecule has 0 radical (unpaired) electrons. The van der Waals surface area contributed by atoms with Crippen molar-refractivity contribution in [2.45, 2.75) is 63.7 Å². The van der Waals surface area contributed by atoms with E-state index in [1.54, 1.807) is 22.7 Å². The van der Waals surface area contributed by atoms with Crippen LogP contribution in [0.2, 0.25) is 0 Å². The van der Waals surface area contributed by atoms with Crippen LogP contribution in [0.4, 0.5) is 0 Å². The summed E-state index contributed by atoms with van der Waals surface area (Å²) in [6, 6.07) is 7.34. The summed E-state index contributed by atoms with van der Waals surface area (Å²) in [6.07, 6.45) is 4.26. The van der Waals surface area contributed by atoms with E-state index in [1.165, 1.54) is 4.88 Å². The molecular formula is C20H29N3O2S2. The van der Waals surface area contributed by atoms with Crippen molar-refractivity contribution < 1.29 is 4.92 Å². The van der Waals surface area contributed by atoms with Crippen molar-refractivity contribution in [3.05, 3.63) is 54.9 Å². The number of nitrogens with one attached hydrogen (secondary N) is 1. The second-order valence-electron chi connectivity index (χ2n) is 7.12. The summed E-state index contributed by atoms with van der Waals surface area (Å²) in [5.74, 6) is 0. The minimum Gasteiger partial charge on any atom is -0.306 e. The van der Waals surface area contributed by atoms with Crippen molar-refractivity contribution in [2.24, 2.45) is 0 Å². The Bertz CT molecular complexity index is 690. The summed E-state index contributed by atoms with van der Waals surface area (Å²) in [4.78, 5) is 16.9. The van der Waals surface area contributed by atoms with Gasteiger partial charge in [0.15, 0.2) is 0 Å². The van der Waals surface area contributed by atoms with Crippen LogP contribution in [0.25, 0.3) is 0 Å². The quantitative estimate of drug-likeness (QED) is 0.338. The highest BCUT2D eigenvalue weighted by atomic mass is 32.1. The number of hydrogen-bond acceptors (Lipinski definition) is 6. The molecule has 3 rings (SSSR count). The van der Waals surface area contributed by atoms with Gasteiger partial charge in [-0.1, -0.05) is 38.8 Å². The summed E-state index contributed by atoms with van der Waals surface area (Å²) in [6.45, 7) is 6.04. The predicted molar refractivity (Wildman–Crippen MR) is 113 cm³/mol. The monoisotopic (exact) mass is 407 g/mol. The third-order valence-electron chi connectivity index (χ3n) is 5.34. The van der Waals surface area contributed by atoms with Crippen LogP contribution in [0.15, 0.2) is 35.0 Å². The van der Waals surface area contributed by atoms with Gasteiger partial charge in [-0.3, -0.25) is 15.0 Å². The maximum absolute atomic E-state index is 12.2. The largest absolute Gasteiger partial charge is 0.306 e. The summed E-state index contributed by atoms with van der Waals surface area (Å²) < 4.78 is 0. The Morgan fingerprint density at radius 2 is 1.70 bits per heavy atom. The Balaban J connectivity index is 2.02. The zero-order valence-corrected chi connectivity index (χ0v) is 17.7. The Kier molecular flexibility index (Phi) is 7.41. The van der Waals surface area contributed by atoms with Gasteiger partial charge in [0.25, 0.3) is 0 Å². The molecule has 1 saturated heterocycles. The highest BCUT2D eigenvalue weighted by Crippen LogP contribution is 2.47. The summed E-state index contributed by atoms with van der Waals surface area (Å²) >= 11 is 3.35. The van der Waals surface area contributed by atoms with Gasteiger partial charge < -0.3 is 5.32 Å². The van der Waals surface area contributed by atoms with Gasteiger partial charge in [-0.2, -0.15) is 0 Å². The second-order valence-corrected chi connectivity index (χ2v) is 9.08. The van der Waals surface area contributed by atoms with Gasteiger partial charge in [0.1, 0.15) is 6.04 Å². The van der Waals surface area contributed by atoms with Gasteiger partial charge in [0.2, 0.25) is 6.04 Å². The van der Waals surface area contributed by atoms with Gasteiger partial charge in [-0.25, -0.2) is 0 Å². The van der Waals surface area contributed by atoms with Crippen molar-refractivity contribution in [1.29, 1.82) is 0 Å². The van der Waals surface area contributed by atoms with Crippen LogP contribution in [0.5, 0.6) is 0 Å². The van der Waals surface area contributed by atoms with E-state index in [2.05, 4.69) is 47.6 Å². The van der Waals surface area contributed by atoms with Crippen LogP contribution >= 0.6 is 22.7 Å². The fraction of sp³-hybridized carbons (Fsp3) is 0.600. The maximum atomic E-state index is 12.2. The molecule has 148 valence electrons. The standard InChI is InChI=1S/C20H29N3O2S2/c1-3-5-11-21-17-18(15-9-7-13-26-15)22(12-6-4-2)19(20(17)23(24)25)16-10-8-14-27-16/h7-10,13-14,17-21H,3-6,11-12H2,1-2H3/t17-,18-,19-,20+/m1/s1. The summed E-state index contributed by atoms with van der Waals surface area (Å²) in [5, 5.41) is 19.9. The minimum absolute atomic E-state index is 0.0411. The normalized spacial score (nSPS) is 25.9. The van der Waals surface area contributed by atoms with Crippen LogP contribution in [-0.4, -0.2) is 35.0 Å². The first kappa shape index (κ1) is 20.5. The first-order valence-corrected chi connectivity index (χ1v) is 11.6. The van der Waals surface area contributed by atoms with Crippen LogP contribution in [-0.2, 0) is 0 Å². The third-order valence-corrected chi connectivity index (χ3v) is 7.23. The summed E-state index contributed by atoms with van der Waals surface area (Å²) in [7, 11) is 0. The van der Waals surface area contributed by atoms with Gasteiger partial charge >= 0.3 is 0 Å². The van der Waals surface area contributed by atoms with Crippen LogP contribution in [0.3, 0.4) is 0 Å². The average Bonchev–Trinajstić information content (AvgIpc) is 3.39. The van der Waals surface area contributed by atoms with Crippen molar-refractivity contribution in [2.75, 3.05) is 13.1 Å². The van der Waals surface area contributed by atoms with Gasteiger partial charge in [-0.05, 0) is 48.8 Å². The molecule has 0 spiro atoms. The fourth-order valence-corrected chi connectivity index (χ4v) is 5.87. The lowest BCUT2D eigenvalue weighted by Crippen LogP contribution is -2.45. The van der Waals surface area contributed by atoms with E-state index in [9.17, 15) is 10.1 Å². The molecule has 1 N–H and O–H groups in total. The number of nitrogens with zero attached hydrogens (tertiary/aromatic N) is 2. The molecule has 2 aromatic heterocycles. The Morgan fingerprint density at radius 3 is 2.22 bits per heavy atom. The topological polar surface area (TPSA) is 58.4 Å². The summed E-state index contributed by atoms with van der Waals surface area (Å²) in [5.41, 5.74) is 0. The van der Waals surface area contributed by atoms with E-state index >= 15 is 0 Å². The SMILES string of the molecule is CCCCN[C@H]1[C@H]([N+](=O)[O-])[C@@H](c2cccs2)N(CCCC)[C@@H]1c1cccs1. The predicted octanol–water partition coefficient (Wildman–Crippen LogP) is 5.11. The number of thiophene rings is 2. The molecule has 7 heteroatoms. The minimum atomic E-state index is -0.635. The number of likely N-dealkylation sites (tertiary alicyclic amines) is 1. The van der Waals surface area contributed by atoms with Crippen molar-refractivity contribution >= 4 is 22.7 Å². The molecule has 1 aliphatic heterocycles. The van der Waals surface area contributed by atoms with E-state index in [-0.39, 0.29) is 23.0 Å². The van der Waals surface area contributed by atoms with Crippen molar-refractivity contribution in [3.8, 4) is 0 Å². The molecular weight excluding hydrogens is 378 g/mol. The highest BCUT2D eigenvalue weighted by Gasteiger charge is 2.56. The molecule has 0 unspecified atom stereocenters. The highest BCUT2D eigenvalue weighted by molar-refractivity contribution is 7.10. The van der Waals surface area contributed by atoms with Crippen LogP contribution < -0.4 is 5.32 Å². The molecule has 4 atom stereocenters. The molecule has 0 amide bonds. The zero-order chi connectivity index (χ0) is 19.2. The van der Waals surface area contributed by atoms with Gasteiger partial charge in [-0.15, -0.1) is 22.7 Å². The fourth-order valence-electron chi connectivity index (χ4n) is 4.09. The Morgan fingerprint density at radius 1 is 1.07 bits per heavy atom. The maximum Gasteiger partial charge on any atom is 0.250 e. The Labute approximate surface area is 169 Å². The molecule has 1 fully saturated rings. The van der Waals surface area contributed by atoms with E-state index in [0.717, 1.165) is 43.6 Å². The molecule has 5 nitrogen and oxygen atoms in total. The molecule has 0 aromatic carbocycles. The number of rotatable bonds is 10. The van der Waals surface area contributed by atoms with E-state index in [4.69, 9.17) is 0 Å². The first-order chi connectivity index (χ1) is 13.2. The van der Waals surface area contributed by atoms with Gasteiger partial charge in [0, 0.05) is 14.7 Å². The average molecular weight is 408 g/mol. The van der Waals surface area contributed by atoms with Crippen molar-refractivity contribution in [3.63, 3.8) is 0 Å². The molecule has 0 aliphatic carbocycles. The smallest absolute Gasteiger partial charge is 0.250 e. The van der Waals surface area contributed by atoms with Gasteiger partial charge in [0.05, 0.1) is 12.1 Å². The molecule has 1 aliphatic rings. The van der Waals surface area contributed by atoms with Crippen LogP contribution in [0, 0.1) is 10.1 Å². The third kappa shape index (κ3) is 4.42. The zero-order valence-electron chi connectivity index (χ0n) is 16.0. The lowest BCUT2D eigenvalue weighted by Gasteiger charge is -2.29. The molecule has 2 aromatic rings. The van der Waals surface area contributed by atoms with E-state index in [0.29, 0.717) is 0 Å². The molecule has 3 heterocycles. The number of unbranched alkanes of at least 4 members (excludes halogenated alkanes) is 2. The lowest BCUT2D eigenvalue weighted by atomic mass is 10.00. The Hall–Kier alpha value is -1.28. The first-order valence-electron chi connectivity index (χ1n) is 9.88. The second kappa shape index (κ2) is 9.78. The van der Waals surface area contributed by atoms with E-state index < -0.39 is 6.04 Å². The number of hydrogen-bond donors (Lipinski definition) is 1. The van der Waals surface area contributed by atoms with Crippen LogP contribution in [0.1, 0.15) is 61.4 Å². The molecule has 0 saturated carbocycles. The van der Waals surface area contributed by atoms with E-state index in [1.807, 2.05) is 11.4 Å². The number of nitro groups is 1. The molecule has 27 heavy (non-hydrogen) atoms. The lowest BCUT2D eigenvalue weighted by molar-refractivity contribution is -0.529. The van der Waals surface area contributed by atoms with Crippen molar-refractivity contribution in [1.82, 2.24) is 10.2 Å².